The monoisotopic (exact) mass is 662 g/mol. The van der Waals surface area contributed by atoms with Gasteiger partial charge in [-0.05, 0) is 52.7 Å². The van der Waals surface area contributed by atoms with E-state index >= 15 is 0 Å². The molecule has 3 rings (SSSR count). The first-order chi connectivity index (χ1) is 16.2. The Morgan fingerprint density at radius 2 is 1.97 bits per heavy atom. The van der Waals surface area contributed by atoms with E-state index in [1.165, 1.54) is 23.0 Å². The van der Waals surface area contributed by atoms with Crippen molar-refractivity contribution in [2.24, 2.45) is 0 Å². The van der Waals surface area contributed by atoms with Crippen molar-refractivity contribution in [2.75, 3.05) is 25.6 Å². The van der Waals surface area contributed by atoms with E-state index in [2.05, 4.69) is 41.7 Å². The largest absolute Gasteiger partial charge is 0.483 e. The van der Waals surface area contributed by atoms with Crippen molar-refractivity contribution < 1.29 is 57.3 Å². The molecule has 0 saturated carbocycles. The molecular formula is C20H20BrCl2N6O5Y-. The Balaban J connectivity index is 0.000000927. The second-order valence-electron chi connectivity index (χ2n) is 6.43. The first kappa shape index (κ1) is 31.6. The number of amides is 2. The van der Waals surface area contributed by atoms with Crippen LogP contribution in [0.4, 0.5) is 5.69 Å². The van der Waals surface area contributed by atoms with Gasteiger partial charge in [-0.15, -0.1) is 0 Å². The summed E-state index contributed by atoms with van der Waals surface area (Å²) in [6.07, 6.45) is 1.52. The molecule has 35 heavy (non-hydrogen) atoms. The average Bonchev–Trinajstić information content (AvgIpc) is 3.18. The molecule has 15 heteroatoms. The Morgan fingerprint density at radius 1 is 1.26 bits per heavy atom. The van der Waals surface area contributed by atoms with Crippen LogP contribution in [0.5, 0.6) is 0 Å². The normalized spacial score (nSPS) is 10.0. The quantitative estimate of drug-likeness (QED) is 0.280. The van der Waals surface area contributed by atoms with Gasteiger partial charge < -0.3 is 31.4 Å². The first-order valence-corrected chi connectivity index (χ1v) is 11.0. The molecule has 0 fully saturated rings. The van der Waals surface area contributed by atoms with Crippen LogP contribution in [0, 0.1) is 6.92 Å². The number of aryl methyl sites for hydroxylation is 1. The number of hydrogen-bond acceptors (Lipinski definition) is 7. The number of nitrogens with one attached hydrogen (secondary N) is 2. The van der Waals surface area contributed by atoms with Crippen molar-refractivity contribution >= 4 is 56.6 Å². The van der Waals surface area contributed by atoms with Crippen LogP contribution in [0.2, 0.25) is 10.0 Å². The summed E-state index contributed by atoms with van der Waals surface area (Å²) in [7, 11) is 1.55. The van der Waals surface area contributed by atoms with E-state index in [9.17, 15) is 9.59 Å². The zero-order valence-corrected chi connectivity index (χ0v) is 24.4. The molecule has 2 amide bonds. The van der Waals surface area contributed by atoms with Crippen LogP contribution in [0.3, 0.4) is 0 Å². The summed E-state index contributed by atoms with van der Waals surface area (Å²) in [5.41, 5.74) is 5.36. The molecule has 2 aromatic heterocycles. The van der Waals surface area contributed by atoms with Crippen molar-refractivity contribution in [1.29, 1.82) is 0 Å². The number of halogens is 3. The van der Waals surface area contributed by atoms with Crippen LogP contribution in [-0.2, 0) is 37.4 Å². The zero-order chi connectivity index (χ0) is 25.3. The summed E-state index contributed by atoms with van der Waals surface area (Å²) in [5.74, 6) is -1.07. The summed E-state index contributed by atoms with van der Waals surface area (Å²) in [6.45, 7) is 2.23. The number of aromatic nitrogens is 3. The number of aliphatic hydroxyl groups is 1. The predicted octanol–water partition coefficient (Wildman–Crippen LogP) is 3.93. The maximum atomic E-state index is 13.0. The fourth-order valence-electron chi connectivity index (χ4n) is 2.67. The van der Waals surface area contributed by atoms with Gasteiger partial charge in [0.2, 0.25) is 5.91 Å². The van der Waals surface area contributed by atoms with E-state index in [0.29, 0.717) is 21.8 Å². The van der Waals surface area contributed by atoms with Gasteiger partial charge in [0.25, 0.3) is 5.91 Å². The van der Waals surface area contributed by atoms with Crippen LogP contribution >= 0.6 is 39.1 Å². The minimum Gasteiger partial charge on any atom is -0.483 e. The van der Waals surface area contributed by atoms with Crippen molar-refractivity contribution in [3.05, 3.63) is 73.6 Å². The minimum absolute atomic E-state index is 0. The van der Waals surface area contributed by atoms with Gasteiger partial charge in [0.05, 0.1) is 29.5 Å². The average molecular weight is 664 g/mol. The third kappa shape index (κ3) is 8.85. The number of pyridine rings is 1. The number of benzene rings is 1. The smallest absolute Gasteiger partial charge is 0.274 e. The molecule has 185 valence electrons. The summed E-state index contributed by atoms with van der Waals surface area (Å²) in [6, 6.07) is 7.67. The Labute approximate surface area is 244 Å². The minimum atomic E-state index is -0.754. The van der Waals surface area contributed by atoms with Gasteiger partial charge >= 0.3 is 0 Å². The van der Waals surface area contributed by atoms with Crippen molar-refractivity contribution in [3.63, 3.8) is 0 Å². The number of ether oxygens (including phenoxy) is 1. The van der Waals surface area contributed by atoms with E-state index in [4.69, 9.17) is 33.5 Å². The number of anilines is 1. The summed E-state index contributed by atoms with van der Waals surface area (Å²) >= 11 is 15.4. The molecule has 0 aliphatic carbocycles. The van der Waals surface area contributed by atoms with Crippen LogP contribution in [-0.4, -0.2) is 57.2 Å². The maximum Gasteiger partial charge on any atom is 0.274 e. The van der Waals surface area contributed by atoms with E-state index in [1.807, 2.05) is 5.43 Å². The van der Waals surface area contributed by atoms with E-state index in [1.54, 1.807) is 32.2 Å². The number of methoxy groups -OCH3 is 1. The molecule has 0 unspecified atom stereocenters. The molecule has 11 nitrogen and oxygen atoms in total. The standard InChI is InChI=1S/C17H13BrCl2N6O3.C3H8O2.Y/c1-8-5-9(19)6-10(16(27)23-25-29)14(8)22-17(28)12-7-13(18)24-26(12)15-11(20)3-2-4-21-15;1-5-3-2-4;/h2-7H,1H3,(H4,22,23,24,25,27,28,29);4H,2-3H2,1H3;/p-1. The van der Waals surface area contributed by atoms with Gasteiger partial charge in [-0.2, -0.15) is 5.10 Å². The molecule has 0 spiro atoms. The van der Waals surface area contributed by atoms with Gasteiger partial charge in [-0.25, -0.2) is 9.67 Å². The second-order valence-corrected chi connectivity index (χ2v) is 8.09. The third-order valence-corrected chi connectivity index (χ3v) is 4.98. The maximum absolute atomic E-state index is 13.0. The SMILES string of the molecule is COCCO.Cc1cc(Cl)cc(C(=O)N[N-]O)c1NC(=O)c1cc(Br)nn1-c1ncccc1Cl.[Y]. The van der Waals surface area contributed by atoms with Crippen LogP contribution < -0.4 is 10.7 Å². The van der Waals surface area contributed by atoms with Crippen LogP contribution in [0.1, 0.15) is 26.4 Å². The molecule has 2 heterocycles. The number of aliphatic hydroxyl groups excluding tert-OH is 1. The van der Waals surface area contributed by atoms with Gasteiger partial charge in [-0.1, -0.05) is 23.2 Å². The predicted molar refractivity (Wildman–Crippen MR) is 130 cm³/mol. The second kappa shape index (κ2) is 15.6. The summed E-state index contributed by atoms with van der Waals surface area (Å²) in [4.78, 5) is 29.4. The number of rotatable bonds is 7. The first-order valence-electron chi connectivity index (χ1n) is 9.45. The van der Waals surface area contributed by atoms with Gasteiger partial charge in [0, 0.05) is 57.1 Å². The van der Waals surface area contributed by atoms with Gasteiger partial charge in [-0.3, -0.25) is 9.59 Å². The number of carbonyl (C=O) groups is 2. The Morgan fingerprint density at radius 3 is 2.54 bits per heavy atom. The van der Waals surface area contributed by atoms with E-state index in [0.717, 1.165) is 0 Å². The molecule has 3 aromatic rings. The Bertz CT molecular complexity index is 1170. The van der Waals surface area contributed by atoms with Gasteiger partial charge in [0.15, 0.2) is 5.82 Å². The number of nitrogens with zero attached hydrogens (tertiary/aromatic N) is 4. The van der Waals surface area contributed by atoms with E-state index in [-0.39, 0.29) is 67.1 Å². The molecular weight excluding hydrogens is 644 g/mol. The summed E-state index contributed by atoms with van der Waals surface area (Å²) < 4.78 is 6.10. The topological polar surface area (TPSA) is 153 Å². The molecule has 0 aliphatic heterocycles. The van der Waals surface area contributed by atoms with Crippen LogP contribution in [0.25, 0.3) is 11.4 Å². The molecule has 0 saturated heterocycles. The number of carbonyl (C=O) groups excluding carboxylic acids is 2. The Kier molecular flexibility index (Phi) is 14.1. The Hall–Kier alpha value is -1.48. The summed E-state index contributed by atoms with van der Waals surface area (Å²) in [5, 5.41) is 24.0. The molecule has 1 aromatic carbocycles. The third-order valence-electron chi connectivity index (χ3n) is 4.08. The van der Waals surface area contributed by atoms with Crippen LogP contribution in [0.15, 0.2) is 41.1 Å². The van der Waals surface area contributed by atoms with Crippen molar-refractivity contribution in [3.8, 4) is 5.82 Å². The van der Waals surface area contributed by atoms with Crippen molar-refractivity contribution in [1.82, 2.24) is 20.2 Å². The molecule has 1 radical (unpaired) electrons. The van der Waals surface area contributed by atoms with Gasteiger partial charge in [0.1, 0.15) is 10.3 Å². The fourth-order valence-corrected chi connectivity index (χ4v) is 3.52. The molecule has 0 atom stereocenters. The number of hydrogen-bond donors (Lipinski definition) is 4. The van der Waals surface area contributed by atoms with E-state index < -0.39 is 11.8 Å². The molecule has 0 bridgehead atoms. The molecule has 4 N–H and O–H groups in total. The fraction of sp³-hybridized carbons (Fsp3) is 0.200. The van der Waals surface area contributed by atoms with Crippen molar-refractivity contribution in [2.45, 2.75) is 6.92 Å². The zero-order valence-electron chi connectivity index (χ0n) is 18.5. The molecule has 0 aliphatic rings.